The molecule has 1 heterocycles. The van der Waals surface area contributed by atoms with Crippen LogP contribution in [0, 0.1) is 0 Å². The lowest BCUT2D eigenvalue weighted by Crippen LogP contribution is -2.46. The van der Waals surface area contributed by atoms with Gasteiger partial charge in [0.1, 0.15) is 0 Å². The van der Waals surface area contributed by atoms with Crippen molar-refractivity contribution in [2.75, 3.05) is 33.4 Å². The van der Waals surface area contributed by atoms with E-state index in [9.17, 15) is 23.1 Å². The second kappa shape index (κ2) is 10.3. The van der Waals surface area contributed by atoms with Gasteiger partial charge in [-0.2, -0.15) is 13.2 Å². The Bertz CT molecular complexity index is 888. The Morgan fingerprint density at radius 2 is 1.94 bits per heavy atom. The summed E-state index contributed by atoms with van der Waals surface area (Å²) in [6.07, 6.45) is -4.48. The third-order valence-electron chi connectivity index (χ3n) is 5.48. The van der Waals surface area contributed by atoms with Crippen molar-refractivity contribution in [2.24, 2.45) is 0 Å². The third kappa shape index (κ3) is 5.84. The summed E-state index contributed by atoms with van der Waals surface area (Å²) in [4.78, 5) is 14.6. The molecule has 0 aromatic heterocycles. The van der Waals surface area contributed by atoms with Crippen molar-refractivity contribution in [3.8, 4) is 0 Å². The minimum absolute atomic E-state index is 0.0135. The fraction of sp³-hybridized carbons (Fsp3) is 0.435. The maximum absolute atomic E-state index is 13.5. The molecule has 31 heavy (non-hydrogen) atoms. The number of benzene rings is 2. The molecule has 1 aliphatic heterocycles. The molecule has 0 saturated carbocycles. The van der Waals surface area contributed by atoms with Crippen molar-refractivity contribution in [3.63, 3.8) is 0 Å². The van der Waals surface area contributed by atoms with Crippen LogP contribution in [0.4, 0.5) is 13.2 Å². The van der Waals surface area contributed by atoms with Crippen LogP contribution in [0.15, 0.2) is 48.5 Å². The summed E-state index contributed by atoms with van der Waals surface area (Å²) in [5.74, 6) is -0.214. The fourth-order valence-corrected chi connectivity index (χ4v) is 4.05. The summed E-state index contributed by atoms with van der Waals surface area (Å²) in [5, 5.41) is 12.6. The van der Waals surface area contributed by atoms with Gasteiger partial charge in [-0.05, 0) is 35.6 Å². The molecule has 0 aliphatic carbocycles. The SMILES string of the molecule is COC[C@@H](O)CNCC(=O)N1CCc2ccccc2[C@@H]1Cc1ccccc1C(F)(F)F. The summed E-state index contributed by atoms with van der Waals surface area (Å²) >= 11 is 0. The first kappa shape index (κ1) is 23.2. The van der Waals surface area contributed by atoms with Crippen molar-refractivity contribution < 1.29 is 27.8 Å². The zero-order chi connectivity index (χ0) is 22.4. The summed E-state index contributed by atoms with van der Waals surface area (Å²) in [6.45, 7) is 0.748. The van der Waals surface area contributed by atoms with E-state index >= 15 is 0 Å². The molecule has 8 heteroatoms. The summed E-state index contributed by atoms with van der Waals surface area (Å²) in [5.41, 5.74) is 1.41. The number of alkyl halides is 3. The zero-order valence-electron chi connectivity index (χ0n) is 17.4. The molecule has 2 aromatic carbocycles. The first-order valence-corrected chi connectivity index (χ1v) is 10.2. The van der Waals surface area contributed by atoms with Gasteiger partial charge in [0.2, 0.25) is 5.91 Å². The second-order valence-electron chi connectivity index (χ2n) is 7.65. The number of carbonyl (C=O) groups is 1. The summed E-state index contributed by atoms with van der Waals surface area (Å²) in [6, 6.07) is 12.6. The molecule has 0 bridgehead atoms. The van der Waals surface area contributed by atoms with E-state index in [-0.39, 0.29) is 37.6 Å². The Morgan fingerprint density at radius 3 is 2.68 bits per heavy atom. The molecular weight excluding hydrogens is 409 g/mol. The zero-order valence-corrected chi connectivity index (χ0v) is 17.4. The van der Waals surface area contributed by atoms with E-state index in [4.69, 9.17) is 4.74 Å². The van der Waals surface area contributed by atoms with E-state index in [1.807, 2.05) is 24.3 Å². The van der Waals surface area contributed by atoms with Gasteiger partial charge in [-0.15, -0.1) is 0 Å². The number of ether oxygens (including phenoxy) is 1. The van der Waals surface area contributed by atoms with Crippen LogP contribution < -0.4 is 5.32 Å². The molecule has 3 rings (SSSR count). The minimum atomic E-state index is -4.46. The molecule has 0 fully saturated rings. The van der Waals surface area contributed by atoms with Gasteiger partial charge in [-0.1, -0.05) is 42.5 Å². The first-order chi connectivity index (χ1) is 14.8. The minimum Gasteiger partial charge on any atom is -0.389 e. The van der Waals surface area contributed by atoms with E-state index in [1.54, 1.807) is 11.0 Å². The number of fused-ring (bicyclic) bond motifs is 1. The number of rotatable bonds is 8. The van der Waals surface area contributed by atoms with Crippen molar-refractivity contribution >= 4 is 5.91 Å². The Morgan fingerprint density at radius 1 is 1.23 bits per heavy atom. The smallest absolute Gasteiger partial charge is 0.389 e. The topological polar surface area (TPSA) is 61.8 Å². The number of nitrogens with zero attached hydrogens (tertiary/aromatic N) is 1. The highest BCUT2D eigenvalue weighted by atomic mass is 19.4. The Balaban J connectivity index is 1.83. The lowest BCUT2D eigenvalue weighted by Gasteiger charge is -2.38. The molecule has 2 atom stereocenters. The molecular formula is C23H27F3N2O3. The molecule has 0 radical (unpaired) electrons. The molecule has 1 amide bonds. The molecule has 0 saturated heterocycles. The highest BCUT2D eigenvalue weighted by molar-refractivity contribution is 5.79. The van der Waals surface area contributed by atoms with Gasteiger partial charge in [-0.25, -0.2) is 0 Å². The number of carbonyl (C=O) groups excluding carboxylic acids is 1. The van der Waals surface area contributed by atoms with Crippen molar-refractivity contribution in [2.45, 2.75) is 31.2 Å². The number of methoxy groups -OCH3 is 1. The molecule has 0 unspecified atom stereocenters. The maximum atomic E-state index is 13.5. The lowest BCUT2D eigenvalue weighted by molar-refractivity contribution is -0.138. The van der Waals surface area contributed by atoms with Gasteiger partial charge >= 0.3 is 6.18 Å². The van der Waals surface area contributed by atoms with Gasteiger partial charge in [0.15, 0.2) is 0 Å². The van der Waals surface area contributed by atoms with Crippen LogP contribution in [0.3, 0.4) is 0 Å². The van der Waals surface area contributed by atoms with Gasteiger partial charge in [0.05, 0.1) is 30.9 Å². The standard InChI is InChI=1S/C23H27F3N2O3/c1-31-15-18(29)13-27-14-22(30)28-11-10-16-6-2-4-8-19(16)21(28)12-17-7-3-5-9-20(17)23(24,25)26/h2-9,18,21,27,29H,10-15H2,1H3/t18-,21-/m0/s1. The normalized spacial score (nSPS) is 17.3. The number of nitrogens with one attached hydrogen (secondary N) is 1. The van der Waals surface area contributed by atoms with Crippen LogP contribution in [0.2, 0.25) is 0 Å². The monoisotopic (exact) mass is 436 g/mol. The molecule has 168 valence electrons. The Labute approximate surface area is 179 Å². The number of aliphatic hydroxyl groups excluding tert-OH is 1. The van der Waals surface area contributed by atoms with E-state index in [0.717, 1.165) is 17.2 Å². The molecule has 0 spiro atoms. The maximum Gasteiger partial charge on any atom is 0.416 e. The number of hydrogen-bond donors (Lipinski definition) is 2. The van der Waals surface area contributed by atoms with E-state index < -0.39 is 23.9 Å². The van der Waals surface area contributed by atoms with Crippen LogP contribution in [0.1, 0.15) is 28.3 Å². The van der Waals surface area contributed by atoms with Crippen molar-refractivity contribution in [1.29, 1.82) is 0 Å². The van der Waals surface area contributed by atoms with Crippen LogP contribution >= 0.6 is 0 Å². The van der Waals surface area contributed by atoms with E-state index in [0.29, 0.717) is 13.0 Å². The summed E-state index contributed by atoms with van der Waals surface area (Å²) < 4.78 is 45.5. The fourth-order valence-electron chi connectivity index (χ4n) is 4.05. The Kier molecular flexibility index (Phi) is 7.69. The molecule has 1 aliphatic rings. The highest BCUT2D eigenvalue weighted by Gasteiger charge is 2.36. The van der Waals surface area contributed by atoms with E-state index in [1.165, 1.54) is 19.2 Å². The van der Waals surface area contributed by atoms with Gasteiger partial charge in [-0.3, -0.25) is 4.79 Å². The third-order valence-corrected chi connectivity index (χ3v) is 5.48. The average Bonchev–Trinajstić information content (AvgIpc) is 2.73. The largest absolute Gasteiger partial charge is 0.416 e. The van der Waals surface area contributed by atoms with Gasteiger partial charge in [0.25, 0.3) is 0 Å². The number of halogens is 3. The number of aliphatic hydroxyl groups is 1. The Hall–Kier alpha value is -2.42. The van der Waals surface area contributed by atoms with Gasteiger partial charge < -0.3 is 20.1 Å². The van der Waals surface area contributed by atoms with Crippen molar-refractivity contribution in [3.05, 3.63) is 70.8 Å². The van der Waals surface area contributed by atoms with Crippen LogP contribution in [0.25, 0.3) is 0 Å². The average molecular weight is 436 g/mol. The van der Waals surface area contributed by atoms with E-state index in [2.05, 4.69) is 5.32 Å². The van der Waals surface area contributed by atoms with Crippen LogP contribution in [0.5, 0.6) is 0 Å². The number of amides is 1. The van der Waals surface area contributed by atoms with Crippen LogP contribution in [-0.2, 0) is 28.5 Å². The molecule has 2 aromatic rings. The molecule has 5 nitrogen and oxygen atoms in total. The van der Waals surface area contributed by atoms with Crippen LogP contribution in [-0.4, -0.2) is 55.4 Å². The second-order valence-corrected chi connectivity index (χ2v) is 7.65. The number of hydrogen-bond acceptors (Lipinski definition) is 4. The highest BCUT2D eigenvalue weighted by Crippen LogP contribution is 2.37. The predicted molar refractivity (Wildman–Crippen MR) is 111 cm³/mol. The molecule has 2 N–H and O–H groups in total. The lowest BCUT2D eigenvalue weighted by atomic mass is 9.87. The predicted octanol–water partition coefficient (Wildman–Crippen LogP) is 2.97. The van der Waals surface area contributed by atoms with Crippen molar-refractivity contribution in [1.82, 2.24) is 10.2 Å². The van der Waals surface area contributed by atoms with Gasteiger partial charge in [0, 0.05) is 20.2 Å². The quantitative estimate of drug-likeness (QED) is 0.668. The summed E-state index contributed by atoms with van der Waals surface area (Å²) in [7, 11) is 1.48. The first-order valence-electron chi connectivity index (χ1n) is 10.2.